The van der Waals surface area contributed by atoms with Crippen LogP contribution in [0.1, 0.15) is 38.0 Å². The van der Waals surface area contributed by atoms with Crippen molar-refractivity contribution < 1.29 is 42.9 Å². The van der Waals surface area contributed by atoms with E-state index >= 15 is 0 Å². The first-order valence-corrected chi connectivity index (χ1v) is 17.4. The summed E-state index contributed by atoms with van der Waals surface area (Å²) in [6.45, 7) is 0.766. The SMILES string of the molecule is CC(=O)OC1C(COC(=O)c2ccccc2)OC(Nc2ncc(-c3ccc(Br)cc3)s2)C(OC(=O)c2ccccc2)C1OC(=O)c1ccccc1. The van der Waals surface area contributed by atoms with E-state index in [9.17, 15) is 19.2 Å². The van der Waals surface area contributed by atoms with Crippen LogP contribution in [0.2, 0.25) is 0 Å². The fourth-order valence-corrected chi connectivity index (χ4v) is 6.43. The molecule has 0 aliphatic carbocycles. The molecule has 0 amide bonds. The van der Waals surface area contributed by atoms with Gasteiger partial charge in [0.05, 0.1) is 21.6 Å². The van der Waals surface area contributed by atoms with E-state index in [2.05, 4.69) is 26.2 Å². The number of ether oxygens (including phenoxy) is 5. The molecule has 4 aromatic carbocycles. The summed E-state index contributed by atoms with van der Waals surface area (Å²) in [6.07, 6.45) is -4.95. The van der Waals surface area contributed by atoms with Crippen molar-refractivity contribution in [1.82, 2.24) is 4.98 Å². The zero-order valence-corrected chi connectivity index (χ0v) is 29.5. The van der Waals surface area contributed by atoms with Gasteiger partial charge in [0, 0.05) is 17.6 Å². The number of thiazole rings is 1. The Bertz CT molecular complexity index is 1960. The molecule has 5 atom stereocenters. The molecule has 51 heavy (non-hydrogen) atoms. The Morgan fingerprint density at radius 3 is 1.78 bits per heavy atom. The third-order valence-corrected chi connectivity index (χ3v) is 9.24. The fourth-order valence-electron chi connectivity index (χ4n) is 5.32. The van der Waals surface area contributed by atoms with Crippen molar-refractivity contribution in [3.8, 4) is 10.4 Å². The van der Waals surface area contributed by atoms with Crippen LogP contribution in [0.3, 0.4) is 0 Å². The predicted molar refractivity (Wildman–Crippen MR) is 191 cm³/mol. The average molecular weight is 772 g/mol. The smallest absolute Gasteiger partial charge is 0.338 e. The van der Waals surface area contributed by atoms with Crippen molar-refractivity contribution >= 4 is 56.3 Å². The fraction of sp³-hybridized carbons (Fsp3) is 0.184. The van der Waals surface area contributed by atoms with E-state index in [-0.39, 0.29) is 16.7 Å². The summed E-state index contributed by atoms with van der Waals surface area (Å²) in [7, 11) is 0. The van der Waals surface area contributed by atoms with Gasteiger partial charge in [-0.2, -0.15) is 0 Å². The van der Waals surface area contributed by atoms with Gasteiger partial charge in [-0.05, 0) is 54.1 Å². The maximum atomic E-state index is 13.6. The molecule has 0 saturated carbocycles. The standard InChI is InChI=1S/C38H31BrN2O9S/c1-23(42)47-31-29(22-46-35(43)25-11-5-2-6-12-25)48-34(41-38-40-21-30(51-38)24-17-19-28(39)20-18-24)33(50-37(45)27-15-9-4-10-16-27)32(31)49-36(44)26-13-7-3-8-14-26/h2-21,29,31-34H,22H2,1H3,(H,40,41). The van der Waals surface area contributed by atoms with Crippen molar-refractivity contribution in [2.24, 2.45) is 0 Å². The van der Waals surface area contributed by atoms with E-state index in [1.54, 1.807) is 97.2 Å². The van der Waals surface area contributed by atoms with Gasteiger partial charge in [0.2, 0.25) is 0 Å². The molecular weight excluding hydrogens is 740 g/mol. The highest BCUT2D eigenvalue weighted by Gasteiger charge is 2.53. The number of nitrogens with zero attached hydrogens (tertiary/aromatic N) is 1. The van der Waals surface area contributed by atoms with Crippen LogP contribution in [-0.2, 0) is 28.5 Å². The molecule has 6 rings (SSSR count). The van der Waals surface area contributed by atoms with Gasteiger partial charge in [0.25, 0.3) is 0 Å². The van der Waals surface area contributed by atoms with Crippen LogP contribution in [0.5, 0.6) is 0 Å². The van der Waals surface area contributed by atoms with Gasteiger partial charge < -0.3 is 29.0 Å². The normalized spacial score (nSPS) is 19.7. The van der Waals surface area contributed by atoms with E-state index in [0.29, 0.717) is 5.13 Å². The van der Waals surface area contributed by atoms with Crippen LogP contribution < -0.4 is 5.32 Å². The summed E-state index contributed by atoms with van der Waals surface area (Å²) in [5.41, 5.74) is 1.63. The lowest BCUT2D eigenvalue weighted by molar-refractivity contribution is -0.232. The van der Waals surface area contributed by atoms with E-state index in [4.69, 9.17) is 23.7 Å². The molecule has 1 aromatic heterocycles. The van der Waals surface area contributed by atoms with Gasteiger partial charge in [0.1, 0.15) is 12.7 Å². The highest BCUT2D eigenvalue weighted by Crippen LogP contribution is 2.34. The van der Waals surface area contributed by atoms with Gasteiger partial charge in [0.15, 0.2) is 29.7 Å². The topological polar surface area (TPSA) is 139 Å². The molecule has 1 fully saturated rings. The second kappa shape index (κ2) is 16.6. The summed E-state index contributed by atoms with van der Waals surface area (Å²) < 4.78 is 30.8. The molecule has 0 spiro atoms. The summed E-state index contributed by atoms with van der Waals surface area (Å²) in [5.74, 6) is -2.91. The second-order valence-corrected chi connectivity index (χ2v) is 13.2. The lowest BCUT2D eigenvalue weighted by Crippen LogP contribution is -2.64. The molecule has 11 nitrogen and oxygen atoms in total. The molecular formula is C38H31BrN2O9S. The number of rotatable bonds is 11. The Kier molecular flexibility index (Phi) is 11.5. The number of carbonyl (C=O) groups is 4. The van der Waals surface area contributed by atoms with Crippen molar-refractivity contribution in [3.05, 3.63) is 143 Å². The molecule has 13 heteroatoms. The Labute approximate surface area is 305 Å². The van der Waals surface area contributed by atoms with Crippen LogP contribution in [0.4, 0.5) is 5.13 Å². The number of esters is 4. The summed E-state index contributed by atoms with van der Waals surface area (Å²) in [6, 6.07) is 32.4. The van der Waals surface area contributed by atoms with Crippen LogP contribution in [0.25, 0.3) is 10.4 Å². The van der Waals surface area contributed by atoms with Crippen molar-refractivity contribution in [2.75, 3.05) is 11.9 Å². The minimum absolute atomic E-state index is 0.203. The summed E-state index contributed by atoms with van der Waals surface area (Å²) in [4.78, 5) is 58.0. The molecule has 0 radical (unpaired) electrons. The van der Waals surface area contributed by atoms with Gasteiger partial charge in [-0.1, -0.05) is 94.0 Å². The monoisotopic (exact) mass is 770 g/mol. The van der Waals surface area contributed by atoms with E-state index in [0.717, 1.165) is 14.9 Å². The van der Waals surface area contributed by atoms with E-state index in [1.165, 1.54) is 18.3 Å². The summed E-state index contributed by atoms with van der Waals surface area (Å²) in [5, 5.41) is 3.57. The highest BCUT2D eigenvalue weighted by molar-refractivity contribution is 9.10. The largest absolute Gasteiger partial charge is 0.459 e. The van der Waals surface area contributed by atoms with Gasteiger partial charge in [-0.25, -0.2) is 19.4 Å². The van der Waals surface area contributed by atoms with Gasteiger partial charge in [-0.3, -0.25) is 4.79 Å². The quantitative estimate of drug-likeness (QED) is 0.110. The third-order valence-electron chi connectivity index (χ3n) is 7.73. The molecule has 1 saturated heterocycles. The van der Waals surface area contributed by atoms with Crippen LogP contribution >= 0.6 is 27.3 Å². The predicted octanol–water partition coefficient (Wildman–Crippen LogP) is 6.95. The number of anilines is 1. The maximum absolute atomic E-state index is 13.6. The number of hydrogen-bond acceptors (Lipinski definition) is 12. The van der Waals surface area contributed by atoms with Crippen molar-refractivity contribution in [3.63, 3.8) is 0 Å². The zero-order chi connectivity index (χ0) is 35.7. The van der Waals surface area contributed by atoms with Crippen LogP contribution in [0, 0.1) is 0 Å². The highest BCUT2D eigenvalue weighted by atomic mass is 79.9. The molecule has 1 aliphatic rings. The number of benzene rings is 4. The lowest BCUT2D eigenvalue weighted by atomic mass is 9.97. The van der Waals surface area contributed by atoms with Crippen LogP contribution in [0.15, 0.2) is 126 Å². The minimum Gasteiger partial charge on any atom is -0.459 e. The lowest BCUT2D eigenvalue weighted by Gasteiger charge is -2.44. The Hall–Kier alpha value is -5.37. The van der Waals surface area contributed by atoms with E-state index in [1.807, 2.05) is 24.3 Å². The number of halogens is 1. The number of aromatic nitrogens is 1. The van der Waals surface area contributed by atoms with Crippen LogP contribution in [-0.4, -0.2) is 66.1 Å². The van der Waals surface area contributed by atoms with Crippen molar-refractivity contribution in [1.29, 1.82) is 0 Å². The second-order valence-electron chi connectivity index (χ2n) is 11.3. The summed E-state index contributed by atoms with van der Waals surface area (Å²) >= 11 is 4.75. The maximum Gasteiger partial charge on any atom is 0.338 e. The minimum atomic E-state index is -1.44. The Morgan fingerprint density at radius 1 is 0.706 bits per heavy atom. The number of hydrogen-bond donors (Lipinski definition) is 1. The first-order valence-electron chi connectivity index (χ1n) is 15.8. The first-order chi connectivity index (χ1) is 24.7. The first kappa shape index (κ1) is 35.5. The Morgan fingerprint density at radius 2 is 1.24 bits per heavy atom. The van der Waals surface area contributed by atoms with Crippen molar-refractivity contribution in [2.45, 2.75) is 37.6 Å². The Balaban J connectivity index is 1.37. The molecule has 1 aliphatic heterocycles. The molecule has 5 aromatic rings. The molecule has 260 valence electrons. The molecule has 0 bridgehead atoms. The molecule has 1 N–H and O–H groups in total. The van der Waals surface area contributed by atoms with Gasteiger partial charge in [-0.15, -0.1) is 0 Å². The molecule has 2 heterocycles. The van der Waals surface area contributed by atoms with Gasteiger partial charge >= 0.3 is 23.9 Å². The average Bonchev–Trinajstić information content (AvgIpc) is 3.62. The third kappa shape index (κ3) is 9.06. The zero-order valence-electron chi connectivity index (χ0n) is 27.0. The van der Waals surface area contributed by atoms with E-state index < -0.39 is 61.1 Å². The number of carbonyl (C=O) groups excluding carboxylic acids is 4. The molecule has 5 unspecified atom stereocenters. The number of nitrogens with one attached hydrogen (secondary N) is 1.